The summed E-state index contributed by atoms with van der Waals surface area (Å²) in [6.45, 7) is -0.181. The number of rotatable bonds is 5. The first-order valence-electron chi connectivity index (χ1n) is 4.84. The SMILES string of the molecule is COc1cc(OC)c([C@H](N)CO)c(OC)c1.Cl. The lowest BCUT2D eigenvalue weighted by atomic mass is 10.1. The van der Waals surface area contributed by atoms with Crippen LogP contribution in [0.4, 0.5) is 0 Å². The van der Waals surface area contributed by atoms with Gasteiger partial charge in [-0.05, 0) is 0 Å². The minimum atomic E-state index is -0.546. The van der Waals surface area contributed by atoms with E-state index in [0.717, 1.165) is 0 Å². The number of hydrogen-bond donors (Lipinski definition) is 2. The largest absolute Gasteiger partial charge is 0.496 e. The van der Waals surface area contributed by atoms with Crippen LogP contribution in [0.3, 0.4) is 0 Å². The van der Waals surface area contributed by atoms with E-state index >= 15 is 0 Å². The van der Waals surface area contributed by atoms with Gasteiger partial charge in [0.1, 0.15) is 17.2 Å². The lowest BCUT2D eigenvalue weighted by Crippen LogP contribution is -2.16. The van der Waals surface area contributed by atoms with E-state index in [9.17, 15) is 0 Å². The molecule has 0 unspecified atom stereocenters. The molecule has 1 aromatic rings. The zero-order chi connectivity index (χ0) is 12.1. The molecule has 1 aromatic carbocycles. The van der Waals surface area contributed by atoms with Gasteiger partial charge in [0, 0.05) is 12.1 Å². The van der Waals surface area contributed by atoms with Crippen molar-refractivity contribution in [1.82, 2.24) is 0 Å². The highest BCUT2D eigenvalue weighted by Gasteiger charge is 2.18. The van der Waals surface area contributed by atoms with E-state index in [1.165, 1.54) is 14.2 Å². The molecular formula is C11H18ClNO4. The number of aliphatic hydroxyl groups is 1. The van der Waals surface area contributed by atoms with Crippen molar-refractivity contribution in [3.63, 3.8) is 0 Å². The molecule has 0 saturated heterocycles. The third-order valence-corrected chi connectivity index (χ3v) is 2.32. The molecule has 0 saturated carbocycles. The van der Waals surface area contributed by atoms with Crippen molar-refractivity contribution in [3.05, 3.63) is 17.7 Å². The molecule has 0 aliphatic rings. The Kier molecular flexibility index (Phi) is 6.72. The Morgan fingerprint density at radius 3 is 1.88 bits per heavy atom. The van der Waals surface area contributed by atoms with E-state index in [0.29, 0.717) is 22.8 Å². The third kappa shape index (κ3) is 3.39. The van der Waals surface area contributed by atoms with Crippen molar-refractivity contribution in [2.45, 2.75) is 6.04 Å². The van der Waals surface area contributed by atoms with Gasteiger partial charge in [-0.2, -0.15) is 0 Å². The van der Waals surface area contributed by atoms with E-state index in [2.05, 4.69) is 0 Å². The summed E-state index contributed by atoms with van der Waals surface area (Å²) in [7, 11) is 4.61. The smallest absolute Gasteiger partial charge is 0.131 e. The Bertz CT molecular complexity index is 334. The number of ether oxygens (including phenoxy) is 3. The third-order valence-electron chi connectivity index (χ3n) is 2.32. The molecule has 98 valence electrons. The van der Waals surface area contributed by atoms with Crippen molar-refractivity contribution >= 4 is 12.4 Å². The summed E-state index contributed by atoms with van der Waals surface area (Å²) >= 11 is 0. The molecule has 0 fully saturated rings. The zero-order valence-electron chi connectivity index (χ0n) is 10.1. The van der Waals surface area contributed by atoms with Crippen molar-refractivity contribution in [2.24, 2.45) is 5.73 Å². The van der Waals surface area contributed by atoms with Crippen LogP contribution in [-0.2, 0) is 0 Å². The van der Waals surface area contributed by atoms with Crippen molar-refractivity contribution in [3.8, 4) is 17.2 Å². The van der Waals surface area contributed by atoms with Crippen molar-refractivity contribution < 1.29 is 19.3 Å². The summed E-state index contributed by atoms with van der Waals surface area (Å²) in [6, 6.07) is 2.86. The lowest BCUT2D eigenvalue weighted by Gasteiger charge is -2.18. The minimum absolute atomic E-state index is 0. The van der Waals surface area contributed by atoms with Crippen LogP contribution in [-0.4, -0.2) is 33.0 Å². The topological polar surface area (TPSA) is 73.9 Å². The molecule has 1 rings (SSSR count). The van der Waals surface area contributed by atoms with Crippen LogP contribution in [0.5, 0.6) is 17.2 Å². The summed E-state index contributed by atoms with van der Waals surface area (Å²) in [5, 5.41) is 9.09. The second-order valence-corrected chi connectivity index (χ2v) is 3.23. The van der Waals surface area contributed by atoms with E-state index in [-0.39, 0.29) is 19.0 Å². The normalized spacial score (nSPS) is 11.4. The molecule has 0 aliphatic carbocycles. The van der Waals surface area contributed by atoms with Gasteiger partial charge in [0.25, 0.3) is 0 Å². The highest BCUT2D eigenvalue weighted by Crippen LogP contribution is 2.37. The Labute approximate surface area is 107 Å². The Balaban J connectivity index is 0.00000256. The van der Waals surface area contributed by atoms with Crippen LogP contribution in [0.25, 0.3) is 0 Å². The Morgan fingerprint density at radius 1 is 1.12 bits per heavy atom. The van der Waals surface area contributed by atoms with Gasteiger partial charge in [0.05, 0.1) is 39.5 Å². The van der Waals surface area contributed by atoms with Gasteiger partial charge in [-0.1, -0.05) is 0 Å². The first-order valence-corrected chi connectivity index (χ1v) is 4.84. The van der Waals surface area contributed by atoms with Gasteiger partial charge in [-0.15, -0.1) is 12.4 Å². The first kappa shape index (κ1) is 15.8. The molecule has 0 aromatic heterocycles. The van der Waals surface area contributed by atoms with Gasteiger partial charge in [0.15, 0.2) is 0 Å². The predicted molar refractivity (Wildman–Crippen MR) is 67.4 cm³/mol. The van der Waals surface area contributed by atoms with Gasteiger partial charge < -0.3 is 25.1 Å². The fourth-order valence-corrected chi connectivity index (χ4v) is 1.49. The average molecular weight is 264 g/mol. The predicted octanol–water partition coefficient (Wildman–Crippen LogP) is 1.13. The Hall–Kier alpha value is -1.17. The van der Waals surface area contributed by atoms with Gasteiger partial charge in [-0.25, -0.2) is 0 Å². The maximum atomic E-state index is 9.09. The monoisotopic (exact) mass is 263 g/mol. The molecule has 1 atom stereocenters. The maximum Gasteiger partial charge on any atom is 0.131 e. The zero-order valence-corrected chi connectivity index (χ0v) is 10.9. The molecule has 0 aliphatic heterocycles. The molecule has 0 bridgehead atoms. The molecule has 0 radical (unpaired) electrons. The quantitative estimate of drug-likeness (QED) is 0.833. The summed E-state index contributed by atoms with van der Waals surface area (Å²) in [4.78, 5) is 0. The first-order chi connectivity index (χ1) is 7.67. The second-order valence-electron chi connectivity index (χ2n) is 3.23. The van der Waals surface area contributed by atoms with E-state index in [4.69, 9.17) is 25.1 Å². The van der Waals surface area contributed by atoms with E-state index < -0.39 is 6.04 Å². The molecule has 0 spiro atoms. The molecule has 0 amide bonds. The molecule has 17 heavy (non-hydrogen) atoms. The number of nitrogens with two attached hydrogens (primary N) is 1. The number of aliphatic hydroxyl groups excluding tert-OH is 1. The summed E-state index contributed by atoms with van der Waals surface area (Å²) < 4.78 is 15.5. The van der Waals surface area contributed by atoms with Gasteiger partial charge >= 0.3 is 0 Å². The van der Waals surface area contributed by atoms with Crippen molar-refractivity contribution in [2.75, 3.05) is 27.9 Å². The van der Waals surface area contributed by atoms with Crippen LogP contribution >= 0.6 is 12.4 Å². The fraction of sp³-hybridized carbons (Fsp3) is 0.455. The van der Waals surface area contributed by atoms with Crippen LogP contribution in [0.2, 0.25) is 0 Å². The van der Waals surface area contributed by atoms with Crippen molar-refractivity contribution in [1.29, 1.82) is 0 Å². The molecule has 3 N–H and O–H groups in total. The van der Waals surface area contributed by atoms with E-state index in [1.54, 1.807) is 19.2 Å². The molecule has 6 heteroatoms. The summed E-state index contributed by atoms with van der Waals surface area (Å²) in [5.41, 5.74) is 6.42. The fourth-order valence-electron chi connectivity index (χ4n) is 1.49. The number of hydrogen-bond acceptors (Lipinski definition) is 5. The molecule has 5 nitrogen and oxygen atoms in total. The van der Waals surface area contributed by atoms with E-state index in [1.807, 2.05) is 0 Å². The highest BCUT2D eigenvalue weighted by molar-refractivity contribution is 5.85. The maximum absolute atomic E-state index is 9.09. The number of halogens is 1. The number of methoxy groups -OCH3 is 3. The van der Waals surface area contributed by atoms with Gasteiger partial charge in [-0.3, -0.25) is 0 Å². The highest BCUT2D eigenvalue weighted by atomic mass is 35.5. The van der Waals surface area contributed by atoms with Crippen LogP contribution in [0, 0.1) is 0 Å². The molecular weight excluding hydrogens is 246 g/mol. The average Bonchev–Trinajstić information content (AvgIpc) is 2.35. The van der Waals surface area contributed by atoms with Crippen LogP contribution in [0.15, 0.2) is 12.1 Å². The summed E-state index contributed by atoms with van der Waals surface area (Å²) in [6.07, 6.45) is 0. The second kappa shape index (κ2) is 7.21. The van der Waals surface area contributed by atoms with Crippen LogP contribution in [0.1, 0.15) is 11.6 Å². The summed E-state index contributed by atoms with van der Waals surface area (Å²) in [5.74, 6) is 1.69. The molecule has 0 heterocycles. The van der Waals surface area contributed by atoms with Crippen LogP contribution < -0.4 is 19.9 Å². The minimum Gasteiger partial charge on any atom is -0.496 e. The lowest BCUT2D eigenvalue weighted by molar-refractivity contribution is 0.260. The number of benzene rings is 1. The Morgan fingerprint density at radius 2 is 1.59 bits per heavy atom. The van der Waals surface area contributed by atoms with Gasteiger partial charge in [0.2, 0.25) is 0 Å². The standard InChI is InChI=1S/C11H17NO4.ClH/c1-14-7-4-9(15-2)11(8(12)6-13)10(5-7)16-3;/h4-5,8,13H,6,12H2,1-3H3;1H/t8-;/m1./s1.